The summed E-state index contributed by atoms with van der Waals surface area (Å²) in [6.07, 6.45) is 83.8. The molecule has 0 N–H and O–H groups in total. The minimum absolute atomic E-state index is 0.131. The lowest BCUT2D eigenvalue weighted by Gasteiger charge is -2.18. The van der Waals surface area contributed by atoms with Crippen LogP contribution < -0.4 is 0 Å². The smallest absolute Gasteiger partial charge is 0.306 e. The molecule has 71 heavy (non-hydrogen) atoms. The Morgan fingerprint density at radius 2 is 0.577 bits per heavy atom. The maximum absolute atomic E-state index is 12.8. The predicted octanol–water partition coefficient (Wildman–Crippen LogP) is 19.0. The summed E-state index contributed by atoms with van der Waals surface area (Å²) in [4.78, 5) is 38.1. The van der Waals surface area contributed by atoms with Gasteiger partial charge >= 0.3 is 17.9 Å². The van der Waals surface area contributed by atoms with Gasteiger partial charge in [-0.1, -0.05) is 217 Å². The van der Waals surface area contributed by atoms with Gasteiger partial charge in [-0.15, -0.1) is 0 Å². The van der Waals surface area contributed by atoms with E-state index < -0.39 is 6.10 Å². The molecule has 0 bridgehead atoms. The van der Waals surface area contributed by atoms with Gasteiger partial charge in [0.1, 0.15) is 13.2 Å². The number of hydrogen-bond acceptors (Lipinski definition) is 6. The van der Waals surface area contributed by atoms with Gasteiger partial charge in [0, 0.05) is 19.3 Å². The monoisotopic (exact) mass is 977 g/mol. The number of ether oxygens (including phenoxy) is 3. The first kappa shape index (κ1) is 66.0. The molecule has 6 heteroatoms. The molecule has 0 spiro atoms. The standard InChI is InChI=1S/C65H100O6/c1-4-7-10-13-16-19-22-25-28-30-32-34-37-40-43-46-49-52-55-58-64(67)70-61-62(60-69-63(66)57-54-51-48-45-42-39-36-27-24-21-18-15-12-9-6-3)71-65(68)59-56-53-50-47-44-41-38-35-33-31-29-26-23-20-17-14-11-8-5-2/h8-9,11-12,16-21,25-29,32-36,40-41,43-44,49,52,62H,4-7,10,13-15,22-24,30-31,37-39,42,45-48,50-51,53-61H2,1-3H3/b11-8-,12-9-,19-16-,20-17-,21-18-,28-25-,29-26-,34-32-,35-33-,36-27-,43-40-,44-41-,52-49-/t62-/m1/s1. The molecule has 0 fully saturated rings. The van der Waals surface area contributed by atoms with Gasteiger partial charge in [0.05, 0.1) is 0 Å². The zero-order valence-corrected chi connectivity index (χ0v) is 45.2. The molecule has 0 amide bonds. The van der Waals surface area contributed by atoms with E-state index in [9.17, 15) is 14.4 Å². The highest BCUT2D eigenvalue weighted by molar-refractivity contribution is 5.71. The van der Waals surface area contributed by atoms with E-state index in [4.69, 9.17) is 14.2 Å². The Morgan fingerprint density at radius 1 is 0.296 bits per heavy atom. The van der Waals surface area contributed by atoms with E-state index in [2.05, 4.69) is 167 Å². The fourth-order valence-corrected chi connectivity index (χ4v) is 6.88. The van der Waals surface area contributed by atoms with E-state index in [1.165, 1.54) is 25.7 Å². The van der Waals surface area contributed by atoms with Gasteiger partial charge in [-0.2, -0.15) is 0 Å². The number of carbonyl (C=O) groups is 3. The van der Waals surface area contributed by atoms with Crippen molar-refractivity contribution in [3.63, 3.8) is 0 Å². The van der Waals surface area contributed by atoms with Crippen LogP contribution in [-0.4, -0.2) is 37.2 Å². The zero-order chi connectivity index (χ0) is 51.4. The van der Waals surface area contributed by atoms with Crippen LogP contribution in [0.25, 0.3) is 0 Å². The molecule has 0 aliphatic rings. The maximum atomic E-state index is 12.8. The van der Waals surface area contributed by atoms with Crippen LogP contribution >= 0.6 is 0 Å². The first-order chi connectivity index (χ1) is 35.0. The summed E-state index contributed by atoms with van der Waals surface area (Å²) < 4.78 is 16.7. The Morgan fingerprint density at radius 3 is 0.958 bits per heavy atom. The molecule has 1 atom stereocenters. The highest BCUT2D eigenvalue weighted by atomic mass is 16.6. The van der Waals surface area contributed by atoms with E-state index >= 15 is 0 Å². The van der Waals surface area contributed by atoms with Gasteiger partial charge < -0.3 is 14.2 Å². The van der Waals surface area contributed by atoms with Crippen LogP contribution in [0.1, 0.15) is 213 Å². The van der Waals surface area contributed by atoms with Crippen LogP contribution in [-0.2, 0) is 28.6 Å². The van der Waals surface area contributed by atoms with Crippen molar-refractivity contribution in [1.82, 2.24) is 0 Å². The number of unbranched alkanes of at least 4 members (excludes halogenated alkanes) is 11. The van der Waals surface area contributed by atoms with Crippen LogP contribution in [0.2, 0.25) is 0 Å². The average Bonchev–Trinajstić information content (AvgIpc) is 3.37. The van der Waals surface area contributed by atoms with E-state index in [0.717, 1.165) is 135 Å². The van der Waals surface area contributed by atoms with Gasteiger partial charge in [-0.3, -0.25) is 14.4 Å². The summed E-state index contributed by atoms with van der Waals surface area (Å²) in [6.45, 7) is 6.26. The minimum Gasteiger partial charge on any atom is -0.462 e. The third-order valence-electron chi connectivity index (χ3n) is 11.0. The fourth-order valence-electron chi connectivity index (χ4n) is 6.88. The van der Waals surface area contributed by atoms with Crippen LogP contribution in [0.5, 0.6) is 0 Å². The molecular weight excluding hydrogens is 877 g/mol. The molecule has 0 aliphatic heterocycles. The molecule has 0 heterocycles. The van der Waals surface area contributed by atoms with E-state index in [-0.39, 0.29) is 44.0 Å². The van der Waals surface area contributed by atoms with Crippen molar-refractivity contribution in [3.8, 4) is 0 Å². The predicted molar refractivity (Wildman–Crippen MR) is 306 cm³/mol. The van der Waals surface area contributed by atoms with Crippen molar-refractivity contribution in [1.29, 1.82) is 0 Å². The quantitative estimate of drug-likeness (QED) is 0.0262. The largest absolute Gasteiger partial charge is 0.462 e. The Bertz CT molecular complexity index is 1640. The minimum atomic E-state index is -0.842. The lowest BCUT2D eigenvalue weighted by Crippen LogP contribution is -2.30. The molecule has 0 aromatic carbocycles. The van der Waals surface area contributed by atoms with E-state index in [1.54, 1.807) is 0 Å². The highest BCUT2D eigenvalue weighted by Crippen LogP contribution is 2.11. The number of esters is 3. The summed E-state index contributed by atoms with van der Waals surface area (Å²) in [7, 11) is 0. The molecular formula is C65H100O6. The number of carbonyl (C=O) groups excluding carboxylic acids is 3. The summed E-state index contributed by atoms with van der Waals surface area (Å²) in [6, 6.07) is 0. The third-order valence-corrected chi connectivity index (χ3v) is 11.0. The molecule has 396 valence electrons. The summed E-state index contributed by atoms with van der Waals surface area (Å²) in [5.41, 5.74) is 0. The Balaban J connectivity index is 4.63. The van der Waals surface area contributed by atoms with Crippen molar-refractivity contribution in [2.45, 2.75) is 219 Å². The zero-order valence-electron chi connectivity index (χ0n) is 45.2. The molecule has 0 aromatic heterocycles. The van der Waals surface area contributed by atoms with Crippen LogP contribution in [0, 0.1) is 0 Å². The molecule has 0 rings (SSSR count). The van der Waals surface area contributed by atoms with E-state index in [0.29, 0.717) is 19.3 Å². The van der Waals surface area contributed by atoms with Gasteiger partial charge in [-0.05, 0) is 135 Å². The molecule has 0 aliphatic carbocycles. The number of allylic oxidation sites excluding steroid dienone is 26. The second-order valence-corrected chi connectivity index (χ2v) is 17.7. The van der Waals surface area contributed by atoms with Crippen LogP contribution in [0.4, 0.5) is 0 Å². The molecule has 0 unspecified atom stereocenters. The Labute approximate surface area is 435 Å². The van der Waals surface area contributed by atoms with Crippen molar-refractivity contribution in [2.75, 3.05) is 13.2 Å². The normalized spacial score (nSPS) is 13.3. The SMILES string of the molecule is CC/C=C\C/C=C\C/C=C\C/C=C\C/C=C\CCCCCC(=O)O[C@@H](COC(=O)CC/C=C\C/C=C\C/C=C\C/C=C\C/C=C\CCCCC)COC(=O)CCCCCCC/C=C\C/C=C\C/C=C\CC. The fraction of sp³-hybridized carbons (Fsp3) is 0.554. The number of hydrogen-bond donors (Lipinski definition) is 0. The summed E-state index contributed by atoms with van der Waals surface area (Å²) in [5, 5.41) is 0. The third kappa shape index (κ3) is 55.8. The van der Waals surface area contributed by atoms with Crippen molar-refractivity contribution in [2.24, 2.45) is 0 Å². The molecule has 6 nitrogen and oxygen atoms in total. The molecule has 0 radical (unpaired) electrons. The van der Waals surface area contributed by atoms with Crippen molar-refractivity contribution >= 4 is 17.9 Å². The summed E-state index contributed by atoms with van der Waals surface area (Å²) in [5.74, 6) is -1.08. The van der Waals surface area contributed by atoms with Gasteiger partial charge in [0.2, 0.25) is 0 Å². The average molecular weight is 978 g/mol. The Hall–Kier alpha value is -4.97. The van der Waals surface area contributed by atoms with E-state index in [1.807, 2.05) is 12.2 Å². The van der Waals surface area contributed by atoms with Crippen LogP contribution in [0.15, 0.2) is 158 Å². The first-order valence-electron chi connectivity index (χ1n) is 28.0. The maximum Gasteiger partial charge on any atom is 0.306 e. The highest BCUT2D eigenvalue weighted by Gasteiger charge is 2.19. The second-order valence-electron chi connectivity index (χ2n) is 17.7. The van der Waals surface area contributed by atoms with Gasteiger partial charge in [-0.25, -0.2) is 0 Å². The first-order valence-corrected chi connectivity index (χ1v) is 28.0. The van der Waals surface area contributed by atoms with Crippen molar-refractivity contribution < 1.29 is 28.6 Å². The summed E-state index contributed by atoms with van der Waals surface area (Å²) >= 11 is 0. The van der Waals surface area contributed by atoms with Gasteiger partial charge in [0.15, 0.2) is 6.10 Å². The molecule has 0 saturated heterocycles. The van der Waals surface area contributed by atoms with Crippen LogP contribution in [0.3, 0.4) is 0 Å². The molecule has 0 aromatic rings. The lowest BCUT2D eigenvalue weighted by molar-refractivity contribution is -0.166. The lowest BCUT2D eigenvalue weighted by atomic mass is 10.1. The number of rotatable bonds is 48. The second kappa shape index (κ2) is 57.6. The molecule has 0 saturated carbocycles. The van der Waals surface area contributed by atoms with Gasteiger partial charge in [0.25, 0.3) is 0 Å². The Kier molecular flexibility index (Phi) is 53.6. The topological polar surface area (TPSA) is 78.9 Å². The van der Waals surface area contributed by atoms with Crippen molar-refractivity contribution in [3.05, 3.63) is 158 Å².